The van der Waals surface area contributed by atoms with Crippen LogP contribution in [0.15, 0.2) is 10.6 Å². The molecular weight excluding hydrogens is 220 g/mol. The summed E-state index contributed by atoms with van der Waals surface area (Å²) in [5.74, 6) is 1.12. The quantitative estimate of drug-likeness (QED) is 0.724. The Bertz CT molecular complexity index is 351. The fourth-order valence-corrected chi connectivity index (χ4v) is 1.34. The molecule has 0 aliphatic carbocycles. The van der Waals surface area contributed by atoms with Gasteiger partial charge in [-0.2, -0.15) is 0 Å². The maximum atomic E-state index is 11.6. The molecule has 1 amide bonds. The molecule has 6 nitrogen and oxygen atoms in total. The van der Waals surface area contributed by atoms with Gasteiger partial charge in [0.05, 0.1) is 0 Å². The van der Waals surface area contributed by atoms with Gasteiger partial charge in [0.25, 0.3) is 0 Å². The lowest BCUT2D eigenvalue weighted by Gasteiger charge is -2.15. The molecular formula is C11H20N4O2. The third-order valence-electron chi connectivity index (χ3n) is 2.36. The Kier molecular flexibility index (Phi) is 5.65. The first-order chi connectivity index (χ1) is 8.11. The van der Waals surface area contributed by atoms with Gasteiger partial charge in [-0.3, -0.25) is 4.79 Å². The second-order valence-electron chi connectivity index (χ2n) is 4.03. The van der Waals surface area contributed by atoms with Crippen LogP contribution in [0.1, 0.15) is 12.2 Å². The Balaban J connectivity index is 2.21. The maximum Gasteiger partial charge on any atom is 0.226 e. The molecule has 0 saturated carbocycles. The van der Waals surface area contributed by atoms with Crippen LogP contribution in [0.4, 0.5) is 5.82 Å². The smallest absolute Gasteiger partial charge is 0.226 e. The molecule has 0 bridgehead atoms. The molecule has 0 unspecified atom stereocenters. The average molecular weight is 240 g/mol. The minimum atomic E-state index is -0.0467. The van der Waals surface area contributed by atoms with Crippen LogP contribution in [0.25, 0.3) is 0 Å². The van der Waals surface area contributed by atoms with E-state index >= 15 is 0 Å². The number of anilines is 1. The molecule has 0 aliphatic heterocycles. The Morgan fingerprint density at radius 3 is 2.88 bits per heavy atom. The van der Waals surface area contributed by atoms with Crippen molar-refractivity contribution in [3.63, 3.8) is 0 Å². The van der Waals surface area contributed by atoms with Crippen LogP contribution in [0.5, 0.6) is 0 Å². The van der Waals surface area contributed by atoms with E-state index < -0.39 is 0 Å². The molecule has 0 aliphatic rings. The van der Waals surface area contributed by atoms with E-state index in [2.05, 4.69) is 20.7 Å². The van der Waals surface area contributed by atoms with Gasteiger partial charge in [0, 0.05) is 32.1 Å². The van der Waals surface area contributed by atoms with E-state index in [1.165, 1.54) is 0 Å². The number of hydrogen-bond acceptors (Lipinski definition) is 5. The van der Waals surface area contributed by atoms with Crippen molar-refractivity contribution in [2.75, 3.05) is 39.0 Å². The summed E-state index contributed by atoms with van der Waals surface area (Å²) in [6, 6.07) is 1.70. The van der Waals surface area contributed by atoms with Gasteiger partial charge in [0.2, 0.25) is 5.91 Å². The fraction of sp³-hybridized carbons (Fsp3) is 0.636. The zero-order valence-electron chi connectivity index (χ0n) is 10.6. The molecule has 96 valence electrons. The lowest BCUT2D eigenvalue weighted by atomic mass is 10.3. The van der Waals surface area contributed by atoms with Gasteiger partial charge in [-0.05, 0) is 21.0 Å². The van der Waals surface area contributed by atoms with Crippen LogP contribution < -0.4 is 10.6 Å². The highest BCUT2D eigenvalue weighted by atomic mass is 16.5. The van der Waals surface area contributed by atoms with Crippen LogP contribution in [-0.2, 0) is 4.79 Å². The molecule has 0 atom stereocenters. The molecule has 0 fully saturated rings. The minimum absolute atomic E-state index is 0.0467. The van der Waals surface area contributed by atoms with Crippen molar-refractivity contribution in [2.45, 2.75) is 13.3 Å². The SMILES string of the molecule is CNCCN(C)CCC(=O)Nc1cc(C)on1. The van der Waals surface area contributed by atoms with Crippen molar-refractivity contribution >= 4 is 11.7 Å². The molecule has 0 aromatic carbocycles. The van der Waals surface area contributed by atoms with E-state index in [1.807, 2.05) is 14.1 Å². The number of hydrogen-bond donors (Lipinski definition) is 2. The van der Waals surface area contributed by atoms with Crippen LogP contribution in [0.3, 0.4) is 0 Å². The summed E-state index contributed by atoms with van der Waals surface area (Å²) in [7, 11) is 3.90. The number of likely N-dealkylation sites (N-methyl/N-ethyl adjacent to an activating group) is 2. The average Bonchev–Trinajstić information content (AvgIpc) is 2.69. The van der Waals surface area contributed by atoms with Crippen molar-refractivity contribution in [3.05, 3.63) is 11.8 Å². The van der Waals surface area contributed by atoms with Crippen LogP contribution in [-0.4, -0.2) is 49.7 Å². The molecule has 1 aromatic rings. The van der Waals surface area contributed by atoms with E-state index in [1.54, 1.807) is 13.0 Å². The first kappa shape index (κ1) is 13.7. The molecule has 0 spiro atoms. The number of carbonyl (C=O) groups excluding carboxylic acids is 1. The van der Waals surface area contributed by atoms with Gasteiger partial charge >= 0.3 is 0 Å². The van der Waals surface area contributed by atoms with E-state index in [0.717, 1.165) is 19.6 Å². The maximum absolute atomic E-state index is 11.6. The standard InChI is InChI=1S/C11H20N4O2/c1-9-8-10(14-17-9)13-11(16)4-6-15(3)7-5-12-2/h8,12H,4-7H2,1-3H3,(H,13,14,16). The third-order valence-corrected chi connectivity index (χ3v) is 2.36. The number of carbonyl (C=O) groups is 1. The molecule has 0 radical (unpaired) electrons. The lowest BCUT2D eigenvalue weighted by Crippen LogP contribution is -2.30. The Hall–Kier alpha value is -1.40. The van der Waals surface area contributed by atoms with Gasteiger partial charge in [-0.1, -0.05) is 5.16 Å². The molecule has 0 saturated heterocycles. The number of nitrogens with one attached hydrogen (secondary N) is 2. The van der Waals surface area contributed by atoms with E-state index in [-0.39, 0.29) is 5.91 Å². The Labute approximate surface area is 101 Å². The third kappa shape index (κ3) is 5.46. The second kappa shape index (κ2) is 7.03. The van der Waals surface area contributed by atoms with E-state index in [9.17, 15) is 4.79 Å². The Morgan fingerprint density at radius 1 is 1.53 bits per heavy atom. The summed E-state index contributed by atoms with van der Waals surface area (Å²) in [6.45, 7) is 4.35. The predicted octanol–water partition coefficient (Wildman–Crippen LogP) is 0.463. The highest BCUT2D eigenvalue weighted by Crippen LogP contribution is 2.07. The van der Waals surface area contributed by atoms with Crippen molar-refractivity contribution in [2.24, 2.45) is 0 Å². The number of aryl methyl sites for hydroxylation is 1. The first-order valence-corrected chi connectivity index (χ1v) is 5.68. The minimum Gasteiger partial charge on any atom is -0.360 e. The summed E-state index contributed by atoms with van der Waals surface area (Å²) >= 11 is 0. The highest BCUT2D eigenvalue weighted by molar-refractivity contribution is 5.89. The monoisotopic (exact) mass is 240 g/mol. The summed E-state index contributed by atoms with van der Waals surface area (Å²) < 4.78 is 4.86. The molecule has 2 N–H and O–H groups in total. The van der Waals surface area contributed by atoms with Crippen LogP contribution in [0.2, 0.25) is 0 Å². The lowest BCUT2D eigenvalue weighted by molar-refractivity contribution is -0.116. The molecule has 1 aromatic heterocycles. The summed E-state index contributed by atoms with van der Waals surface area (Å²) in [4.78, 5) is 13.7. The van der Waals surface area contributed by atoms with Gasteiger partial charge in [0.15, 0.2) is 5.82 Å². The van der Waals surface area contributed by atoms with Crippen molar-refractivity contribution in [3.8, 4) is 0 Å². The van der Waals surface area contributed by atoms with Crippen molar-refractivity contribution in [1.29, 1.82) is 0 Å². The van der Waals surface area contributed by atoms with E-state index in [4.69, 9.17) is 4.52 Å². The van der Waals surface area contributed by atoms with Crippen molar-refractivity contribution < 1.29 is 9.32 Å². The molecule has 1 heterocycles. The highest BCUT2D eigenvalue weighted by Gasteiger charge is 2.07. The largest absolute Gasteiger partial charge is 0.360 e. The van der Waals surface area contributed by atoms with E-state index in [0.29, 0.717) is 18.0 Å². The second-order valence-corrected chi connectivity index (χ2v) is 4.03. The van der Waals surface area contributed by atoms with Gasteiger partial charge in [-0.25, -0.2) is 0 Å². The molecule has 17 heavy (non-hydrogen) atoms. The Morgan fingerprint density at radius 2 is 2.29 bits per heavy atom. The fourth-order valence-electron chi connectivity index (χ4n) is 1.34. The van der Waals surface area contributed by atoms with Gasteiger partial charge in [-0.15, -0.1) is 0 Å². The van der Waals surface area contributed by atoms with Gasteiger partial charge < -0.3 is 20.1 Å². The summed E-state index contributed by atoms with van der Waals surface area (Å²) in [5, 5.41) is 9.45. The van der Waals surface area contributed by atoms with Crippen molar-refractivity contribution in [1.82, 2.24) is 15.4 Å². The number of nitrogens with zero attached hydrogens (tertiary/aromatic N) is 2. The van der Waals surface area contributed by atoms with Crippen LogP contribution in [0, 0.1) is 6.92 Å². The number of amides is 1. The topological polar surface area (TPSA) is 70.4 Å². The first-order valence-electron chi connectivity index (χ1n) is 5.68. The zero-order valence-corrected chi connectivity index (χ0v) is 10.6. The normalized spacial score (nSPS) is 10.8. The number of aromatic nitrogens is 1. The zero-order chi connectivity index (χ0) is 12.7. The molecule has 6 heteroatoms. The molecule has 1 rings (SSSR count). The summed E-state index contributed by atoms with van der Waals surface area (Å²) in [6.07, 6.45) is 0.451. The van der Waals surface area contributed by atoms with Gasteiger partial charge in [0.1, 0.15) is 5.76 Å². The predicted molar refractivity (Wildman–Crippen MR) is 65.9 cm³/mol. The number of rotatable bonds is 7. The summed E-state index contributed by atoms with van der Waals surface area (Å²) in [5.41, 5.74) is 0. The van der Waals surface area contributed by atoms with Crippen LogP contribution >= 0.6 is 0 Å².